The number of methoxy groups -OCH3 is 10. The summed E-state index contributed by atoms with van der Waals surface area (Å²) >= 11 is 4.82. The first-order valence-corrected chi connectivity index (χ1v) is 43.3. The smallest absolute Gasteiger partial charge is 1.00 e. The van der Waals surface area contributed by atoms with Gasteiger partial charge in [-0.15, -0.1) is 65.9 Å². The van der Waals surface area contributed by atoms with E-state index < -0.39 is 43.3 Å². The van der Waals surface area contributed by atoms with E-state index in [0.717, 1.165) is 91.6 Å². The maximum atomic E-state index is 12.5. The molecule has 0 fully saturated rings. The van der Waals surface area contributed by atoms with Crippen LogP contribution in [-0.4, -0.2) is 188 Å². The Labute approximate surface area is 879 Å². The summed E-state index contributed by atoms with van der Waals surface area (Å²) in [5, 5.41) is 5.65. The Hall–Kier alpha value is -11.8. The molecule has 0 bridgehead atoms. The van der Waals surface area contributed by atoms with Gasteiger partial charge in [0, 0.05) is 104 Å². The molecule has 28 nitrogen and oxygen atoms in total. The molecular formula is C97H121AlClF15LiN10NaO18. The van der Waals surface area contributed by atoms with Crippen LogP contribution in [0.1, 0.15) is 132 Å². The molecule has 0 saturated heterocycles. The normalized spacial score (nSPS) is 10.8. The number of pyridine rings is 5. The number of anilines is 5. The molecule has 4 N–H and O–H groups in total. The Morgan fingerprint density at radius 3 is 0.889 bits per heavy atom. The molecule has 0 aliphatic carbocycles. The van der Waals surface area contributed by atoms with Crippen LogP contribution in [0.5, 0.6) is 86.9 Å². The van der Waals surface area contributed by atoms with Gasteiger partial charge in [0.2, 0.25) is 46.5 Å². The van der Waals surface area contributed by atoms with Crippen molar-refractivity contribution < 1.29 is 203 Å². The number of carbonyl (C=O) groups excluding carboxylic acids is 3. The van der Waals surface area contributed by atoms with Crippen LogP contribution in [0, 0.1) is 34.6 Å². The largest absolute Gasteiger partial charge is 1.00 e. The van der Waals surface area contributed by atoms with Crippen molar-refractivity contribution in [3.05, 3.63) is 149 Å². The molecule has 10 rings (SSSR count). The molecule has 784 valence electrons. The summed E-state index contributed by atoms with van der Waals surface area (Å²) in [6, 6.07) is 28.1. The number of aryl methyl sites for hydroxylation is 5. The molecule has 0 atom stereocenters. The van der Waals surface area contributed by atoms with E-state index in [2.05, 4.69) is 78.0 Å². The van der Waals surface area contributed by atoms with E-state index >= 15 is 0 Å². The van der Waals surface area contributed by atoms with E-state index in [1.807, 2.05) is 39.8 Å². The van der Waals surface area contributed by atoms with Crippen LogP contribution in [-0.2, 0) is 14.4 Å². The van der Waals surface area contributed by atoms with Crippen LogP contribution in [0.15, 0.2) is 121 Å². The maximum Gasteiger partial charge on any atom is 1.00 e. The molecule has 0 saturated carbocycles. The number of ether oxygens (including phenoxy) is 15. The van der Waals surface area contributed by atoms with Gasteiger partial charge in [-0.1, -0.05) is 55.9 Å². The fraction of sp³-hybridized carbons (Fsp3) is 0.402. The molecule has 5 heterocycles. The van der Waals surface area contributed by atoms with E-state index in [9.17, 15) is 80.2 Å². The average Bonchev–Trinajstić information content (AvgIpc) is 0.805. The first kappa shape index (κ1) is 130. The third-order valence-electron chi connectivity index (χ3n) is 19.3. The fourth-order valence-corrected chi connectivity index (χ4v) is 13.3. The zero-order chi connectivity index (χ0) is 105. The van der Waals surface area contributed by atoms with E-state index in [-0.39, 0.29) is 157 Å². The Morgan fingerprint density at radius 2 is 0.625 bits per heavy atom. The zero-order valence-electron chi connectivity index (χ0n) is 84.9. The number of rotatable bonds is 35. The molecule has 2 amide bonds. The number of nitrogen functional groups attached to an aromatic ring is 1. The van der Waals surface area contributed by atoms with E-state index in [1.165, 1.54) is 137 Å². The van der Waals surface area contributed by atoms with Crippen molar-refractivity contribution in [3.8, 4) is 143 Å². The van der Waals surface area contributed by atoms with Gasteiger partial charge in [0.05, 0.1) is 111 Å². The summed E-state index contributed by atoms with van der Waals surface area (Å²) in [7, 11) is 14.1. The third-order valence-corrected chi connectivity index (χ3v) is 19.5. The number of hydrogen-bond acceptors (Lipinski definition) is 26. The van der Waals surface area contributed by atoms with Crippen molar-refractivity contribution in [2.45, 2.75) is 167 Å². The second-order valence-corrected chi connectivity index (χ2v) is 29.9. The standard InChI is InChI=1S/C21H25F3N2O4.C21H27F3N2O3.C18H19F3N2O4.C18H21F3N2O3.C15H15F3N2O3.C3H5ClO.CH4.Al.Li.Na.5H/c1-6-10-26(18(27)7-2)16-11-13(3)19(25-20(16)29-5)15-9-8-14(12-17(15)28-4)30-21(22,23)24;1-6-10-26(11-7-2)17-12-14(3)19(25-20(17)28-5)16-9-8-15(13-18(16)27-4)29-21(22,23)24;1-5-15(24)22-13-8-10(2)16(23-17(13)26-4)12-7-6-11(9-14(12)25-3)27-18(19,20)21;1-5-8-22-14-9-11(2)16(23-17(14)25-4)13-7-6-12(10-15(13)24-3)26-18(19,20)21;1-8-6-11(19)14(22-3)20-13(8)10-5-4-9(7-12(10)21-2)23-15(16,17)18;1-2-3(4)5;;;;;;;;;/h8-9,11-12H,6-7,10H2,1-5H3;8-9,12-13H,6-7,10-11H2,1-5H3;6-9H,5H2,1-4H3,(H,22,24);6-7,9-10,22H,5,8H2,1-4H3;4-7H,19H2,1-3H3;2H2,1H3;1H4;;;;;;;;/q;;;;;;;;2*+1;;;;2*-1. The average molecular weight is 2090 g/mol. The van der Waals surface area contributed by atoms with Crippen LogP contribution in [0.25, 0.3) is 56.3 Å². The minimum absolute atomic E-state index is 0. The molecule has 0 radical (unpaired) electrons. The number of amides is 2. The van der Waals surface area contributed by atoms with Gasteiger partial charge in [-0.3, -0.25) is 14.4 Å². The first-order valence-electron chi connectivity index (χ1n) is 42.9. The number of nitrogens with zero attached hydrogens (tertiary/aromatic N) is 7. The molecule has 0 aliphatic heterocycles. The summed E-state index contributed by atoms with van der Waals surface area (Å²) < 4.78 is 259. The number of aromatic nitrogens is 5. The summed E-state index contributed by atoms with van der Waals surface area (Å²) in [6.07, 6.45) is -19.2. The Bertz CT molecular complexity index is 5790. The minimum atomic E-state index is -4.81. The summed E-state index contributed by atoms with van der Waals surface area (Å²) in [5.74, 6) is 0.318. The van der Waals surface area contributed by atoms with Crippen molar-refractivity contribution in [2.24, 2.45) is 0 Å². The number of carbonyl (C=O) groups is 3. The number of nitrogens with one attached hydrogen (secondary N) is 2. The van der Waals surface area contributed by atoms with E-state index in [1.54, 1.807) is 71.8 Å². The molecule has 5 aromatic carbocycles. The SMILES string of the molecule is C.CCC(=O)Cl.CCC(=O)Nc1cc(C)c(-c2ccc(OC(F)(F)F)cc2OC)nc1OC.CCCN(C(=O)CC)c1cc(C)c(-c2ccc(OC(F)(F)F)cc2OC)nc1OC.CCCN(CCC)c1cc(C)c(-c2ccc(OC(F)(F)F)cc2OC)nc1OC.CCCNc1cc(C)c(-c2ccc(OC(F)(F)F)cc2OC)nc1OC.COc1cc(OC(F)(F)F)ccc1-c1nc(OC)c(N)cc1C.[AlH3].[H-].[H-].[Li+].[Na+]. The van der Waals surface area contributed by atoms with Crippen molar-refractivity contribution >= 4 is 74.5 Å². The second-order valence-electron chi connectivity index (χ2n) is 29.5. The molecule has 47 heteroatoms. The monoisotopic (exact) mass is 2090 g/mol. The van der Waals surface area contributed by atoms with Gasteiger partial charge in [0.15, 0.2) is 17.4 Å². The summed E-state index contributed by atoms with van der Waals surface area (Å²) in [6.45, 7) is 25.6. The maximum absolute atomic E-state index is 12.5. The van der Waals surface area contributed by atoms with Crippen LogP contribution in [0.2, 0.25) is 0 Å². The quantitative estimate of drug-likeness (QED) is 0.0189. The van der Waals surface area contributed by atoms with Crippen LogP contribution in [0.4, 0.5) is 94.3 Å². The van der Waals surface area contributed by atoms with Crippen LogP contribution in [0.3, 0.4) is 0 Å². The van der Waals surface area contributed by atoms with Crippen molar-refractivity contribution in [3.63, 3.8) is 0 Å². The van der Waals surface area contributed by atoms with Gasteiger partial charge in [-0.25, -0.2) is 24.9 Å². The first-order chi connectivity index (χ1) is 65.9. The Morgan fingerprint density at radius 1 is 0.361 bits per heavy atom. The van der Waals surface area contributed by atoms with Gasteiger partial charge in [-0.2, -0.15) is 0 Å². The predicted molar refractivity (Wildman–Crippen MR) is 519 cm³/mol. The predicted octanol–water partition coefficient (Wildman–Crippen LogP) is 18.2. The van der Waals surface area contributed by atoms with Gasteiger partial charge in [0.1, 0.15) is 74.6 Å². The molecule has 5 aromatic heterocycles. The van der Waals surface area contributed by atoms with E-state index in [0.29, 0.717) is 122 Å². The van der Waals surface area contributed by atoms with Crippen molar-refractivity contribution in [2.75, 3.05) is 123 Å². The Kier molecular flexibility index (Phi) is 55.0. The van der Waals surface area contributed by atoms with Gasteiger partial charge >= 0.3 is 80.2 Å². The topological polar surface area (TPSA) is 311 Å². The van der Waals surface area contributed by atoms with Gasteiger partial charge < -0.3 is 100 Å². The van der Waals surface area contributed by atoms with Gasteiger partial charge in [0.25, 0.3) is 0 Å². The number of benzene rings is 5. The zero-order valence-corrected chi connectivity index (χ0v) is 85.7. The number of alkyl halides is 15. The number of hydrogen-bond donors (Lipinski definition) is 3. The molecular weight excluding hydrogens is 1970 g/mol. The molecule has 144 heavy (non-hydrogen) atoms. The Balaban J connectivity index is 0. The van der Waals surface area contributed by atoms with E-state index in [4.69, 9.17) is 64.7 Å². The van der Waals surface area contributed by atoms with Gasteiger partial charge in [-0.05, 0) is 191 Å². The number of halogens is 16. The summed E-state index contributed by atoms with van der Waals surface area (Å²) in [5.41, 5.74) is 17.6. The number of nitrogens with two attached hydrogens (primary N) is 1. The van der Waals surface area contributed by atoms with Crippen LogP contribution >= 0.6 is 11.6 Å². The molecule has 10 aromatic rings. The van der Waals surface area contributed by atoms with Crippen LogP contribution < -0.4 is 146 Å². The molecule has 0 spiro atoms. The van der Waals surface area contributed by atoms with Crippen molar-refractivity contribution in [1.82, 2.24) is 24.9 Å². The third kappa shape index (κ3) is 40.0. The summed E-state index contributed by atoms with van der Waals surface area (Å²) in [4.78, 5) is 59.8. The van der Waals surface area contributed by atoms with Crippen molar-refractivity contribution in [1.29, 1.82) is 0 Å². The molecule has 0 unspecified atom stereocenters. The second kappa shape index (κ2) is 60.9. The minimum Gasteiger partial charge on any atom is -1.00 e. The fourth-order valence-electron chi connectivity index (χ4n) is 13.3. The molecule has 0 aliphatic rings.